The molecule has 2 N–H and O–H groups in total. The van der Waals surface area contributed by atoms with Gasteiger partial charge in [-0.15, -0.1) is 0 Å². The van der Waals surface area contributed by atoms with Crippen LogP contribution in [0, 0.1) is 10.1 Å². The van der Waals surface area contributed by atoms with E-state index in [1.807, 2.05) is 11.8 Å². The Labute approximate surface area is 152 Å². The molecule has 0 unspecified atom stereocenters. The average Bonchev–Trinajstić information content (AvgIpc) is 2.62. The molecule has 0 saturated carbocycles. The molecule has 1 aromatic rings. The highest BCUT2D eigenvalue weighted by molar-refractivity contribution is 5.87. The fourth-order valence-corrected chi connectivity index (χ4v) is 2.83. The van der Waals surface area contributed by atoms with Crippen LogP contribution >= 0.6 is 0 Å². The van der Waals surface area contributed by atoms with Gasteiger partial charge in [0, 0.05) is 50.5 Å². The number of nitrogens with zero attached hydrogens (tertiary/aromatic N) is 3. The maximum absolute atomic E-state index is 12.1. The van der Waals surface area contributed by atoms with E-state index in [0.29, 0.717) is 19.6 Å². The molecule has 9 nitrogen and oxygen atoms in total. The van der Waals surface area contributed by atoms with E-state index < -0.39 is 11.0 Å². The van der Waals surface area contributed by atoms with Crippen LogP contribution in [0.15, 0.2) is 24.3 Å². The minimum atomic E-state index is -0.552. The summed E-state index contributed by atoms with van der Waals surface area (Å²) >= 11 is 0. The number of nitro groups is 1. The van der Waals surface area contributed by atoms with E-state index in [2.05, 4.69) is 15.5 Å². The third kappa shape index (κ3) is 5.41. The van der Waals surface area contributed by atoms with Crippen molar-refractivity contribution in [3.05, 3.63) is 34.4 Å². The molecule has 1 saturated heterocycles. The third-order valence-corrected chi connectivity index (χ3v) is 4.29. The van der Waals surface area contributed by atoms with Gasteiger partial charge in [-0.05, 0) is 26.0 Å². The summed E-state index contributed by atoms with van der Waals surface area (Å²) in [6.45, 7) is 7.15. The summed E-state index contributed by atoms with van der Waals surface area (Å²) in [5, 5.41) is 16.1. The molecule has 1 fully saturated rings. The van der Waals surface area contributed by atoms with Gasteiger partial charge in [0.05, 0.1) is 11.5 Å². The Morgan fingerprint density at radius 2 is 1.81 bits per heavy atom. The predicted octanol–water partition coefficient (Wildman–Crippen LogP) is 0.358. The minimum absolute atomic E-state index is 0.0743. The van der Waals surface area contributed by atoms with Crippen molar-refractivity contribution in [2.75, 3.05) is 44.2 Å². The van der Waals surface area contributed by atoms with E-state index >= 15 is 0 Å². The Morgan fingerprint density at radius 3 is 2.35 bits per heavy atom. The molecule has 1 aromatic carbocycles. The first-order valence-corrected chi connectivity index (χ1v) is 8.69. The Balaban J connectivity index is 1.78. The zero-order valence-electron chi connectivity index (χ0n) is 15.1. The van der Waals surface area contributed by atoms with Crippen molar-refractivity contribution in [3.63, 3.8) is 0 Å². The summed E-state index contributed by atoms with van der Waals surface area (Å²) in [7, 11) is 0. The van der Waals surface area contributed by atoms with Crippen LogP contribution in [0.2, 0.25) is 0 Å². The van der Waals surface area contributed by atoms with Crippen LogP contribution in [0.1, 0.15) is 13.8 Å². The monoisotopic (exact) mass is 363 g/mol. The first-order valence-electron chi connectivity index (χ1n) is 8.69. The van der Waals surface area contributed by atoms with Gasteiger partial charge in [0.1, 0.15) is 6.04 Å². The first kappa shape index (κ1) is 19.6. The van der Waals surface area contributed by atoms with E-state index in [1.165, 1.54) is 12.1 Å². The summed E-state index contributed by atoms with van der Waals surface area (Å²) in [6, 6.07) is 5.93. The molecule has 0 spiro atoms. The number of anilines is 1. The van der Waals surface area contributed by atoms with Crippen molar-refractivity contribution in [1.29, 1.82) is 0 Å². The van der Waals surface area contributed by atoms with Gasteiger partial charge in [0.25, 0.3) is 5.69 Å². The molecule has 0 aromatic heterocycles. The van der Waals surface area contributed by atoms with Gasteiger partial charge >= 0.3 is 0 Å². The highest BCUT2D eigenvalue weighted by Gasteiger charge is 2.21. The number of carbonyl (C=O) groups is 2. The summed E-state index contributed by atoms with van der Waals surface area (Å²) < 4.78 is 0. The van der Waals surface area contributed by atoms with Gasteiger partial charge in [0.2, 0.25) is 11.8 Å². The Bertz CT molecular complexity index is 641. The largest absolute Gasteiger partial charge is 0.369 e. The van der Waals surface area contributed by atoms with Crippen LogP contribution in [-0.4, -0.2) is 66.9 Å². The molecule has 142 valence electrons. The summed E-state index contributed by atoms with van der Waals surface area (Å²) in [5.74, 6) is -0.364. The number of benzene rings is 1. The van der Waals surface area contributed by atoms with Gasteiger partial charge in [-0.1, -0.05) is 0 Å². The van der Waals surface area contributed by atoms with E-state index in [1.54, 1.807) is 19.1 Å². The molecule has 0 radical (unpaired) electrons. The highest BCUT2D eigenvalue weighted by atomic mass is 16.6. The lowest BCUT2D eigenvalue weighted by Crippen LogP contribution is -2.52. The molecule has 2 rings (SSSR count). The Morgan fingerprint density at radius 1 is 1.19 bits per heavy atom. The summed E-state index contributed by atoms with van der Waals surface area (Å²) in [4.78, 5) is 38.2. The molecule has 1 heterocycles. The number of amides is 2. The summed E-state index contributed by atoms with van der Waals surface area (Å²) in [5.41, 5.74) is 1.01. The fraction of sp³-hybridized carbons (Fsp3) is 0.529. The van der Waals surface area contributed by atoms with Crippen LogP contribution < -0.4 is 15.5 Å². The second kappa shape index (κ2) is 9.14. The average molecular weight is 363 g/mol. The molecule has 9 heteroatoms. The maximum atomic E-state index is 12.1. The quantitative estimate of drug-likeness (QED) is 0.535. The van der Waals surface area contributed by atoms with Crippen LogP contribution in [0.5, 0.6) is 0 Å². The molecule has 2 amide bonds. The van der Waals surface area contributed by atoms with Gasteiger partial charge in [-0.25, -0.2) is 0 Å². The van der Waals surface area contributed by atoms with Crippen molar-refractivity contribution in [1.82, 2.24) is 15.5 Å². The van der Waals surface area contributed by atoms with Gasteiger partial charge in [-0.2, -0.15) is 0 Å². The van der Waals surface area contributed by atoms with E-state index in [9.17, 15) is 19.7 Å². The molecule has 1 aliphatic heterocycles. The van der Waals surface area contributed by atoms with Crippen LogP contribution in [0.4, 0.5) is 11.4 Å². The molecule has 0 bridgehead atoms. The molecule has 0 aliphatic carbocycles. The highest BCUT2D eigenvalue weighted by Crippen LogP contribution is 2.20. The standard InChI is InChI=1S/C17H25N5O4/c1-3-18-17(24)13(2)19-16(23)12-20-8-10-21(11-9-20)14-4-6-15(7-5-14)22(25)26/h4-7,13H,3,8-12H2,1-2H3,(H,18,24)(H,19,23)/t13-/m0/s1. The van der Waals surface area contributed by atoms with E-state index in [4.69, 9.17) is 0 Å². The smallest absolute Gasteiger partial charge is 0.269 e. The van der Waals surface area contributed by atoms with Crippen LogP contribution in [0.25, 0.3) is 0 Å². The number of piperazine rings is 1. The number of rotatable bonds is 7. The predicted molar refractivity (Wildman–Crippen MR) is 98.0 cm³/mol. The van der Waals surface area contributed by atoms with Crippen molar-refractivity contribution in [2.24, 2.45) is 0 Å². The van der Waals surface area contributed by atoms with Gasteiger partial charge in [0.15, 0.2) is 0 Å². The second-order valence-electron chi connectivity index (χ2n) is 6.22. The molecule has 1 atom stereocenters. The second-order valence-corrected chi connectivity index (χ2v) is 6.22. The number of carbonyl (C=O) groups excluding carboxylic acids is 2. The number of nitro benzene ring substituents is 1. The molecular weight excluding hydrogens is 338 g/mol. The third-order valence-electron chi connectivity index (χ3n) is 4.29. The number of non-ortho nitro benzene ring substituents is 1. The van der Waals surface area contributed by atoms with Crippen LogP contribution in [0.3, 0.4) is 0 Å². The Kier molecular flexibility index (Phi) is 6.90. The Hall–Kier alpha value is -2.68. The van der Waals surface area contributed by atoms with Gasteiger partial charge < -0.3 is 15.5 Å². The zero-order chi connectivity index (χ0) is 19.1. The van der Waals surface area contributed by atoms with Crippen molar-refractivity contribution in [2.45, 2.75) is 19.9 Å². The fourth-order valence-electron chi connectivity index (χ4n) is 2.83. The summed E-state index contributed by atoms with van der Waals surface area (Å²) in [6.07, 6.45) is 0. The van der Waals surface area contributed by atoms with Crippen molar-refractivity contribution in [3.8, 4) is 0 Å². The molecule has 1 aliphatic rings. The lowest BCUT2D eigenvalue weighted by Gasteiger charge is -2.35. The minimum Gasteiger partial charge on any atom is -0.369 e. The van der Waals surface area contributed by atoms with Crippen molar-refractivity contribution < 1.29 is 14.5 Å². The number of likely N-dealkylation sites (N-methyl/N-ethyl adjacent to an activating group) is 1. The maximum Gasteiger partial charge on any atom is 0.269 e. The topological polar surface area (TPSA) is 108 Å². The molecular formula is C17H25N5O4. The zero-order valence-corrected chi connectivity index (χ0v) is 15.1. The lowest BCUT2D eigenvalue weighted by molar-refractivity contribution is -0.384. The normalized spacial score (nSPS) is 16.0. The number of hydrogen-bond donors (Lipinski definition) is 2. The SMILES string of the molecule is CCNC(=O)[C@H](C)NC(=O)CN1CCN(c2ccc([N+](=O)[O-])cc2)CC1. The van der Waals surface area contributed by atoms with E-state index in [0.717, 1.165) is 18.8 Å². The first-order chi connectivity index (χ1) is 12.4. The number of nitrogens with one attached hydrogen (secondary N) is 2. The van der Waals surface area contributed by atoms with Gasteiger partial charge in [-0.3, -0.25) is 24.6 Å². The number of hydrogen-bond acceptors (Lipinski definition) is 6. The van der Waals surface area contributed by atoms with Crippen LogP contribution in [-0.2, 0) is 9.59 Å². The van der Waals surface area contributed by atoms with Crippen molar-refractivity contribution >= 4 is 23.2 Å². The lowest BCUT2D eigenvalue weighted by atomic mass is 10.2. The molecule has 26 heavy (non-hydrogen) atoms. The van der Waals surface area contributed by atoms with E-state index in [-0.39, 0.29) is 24.0 Å².